The lowest BCUT2D eigenvalue weighted by Gasteiger charge is -2.35. The molecule has 1 saturated heterocycles. The molecule has 19 heavy (non-hydrogen) atoms. The molecule has 0 N–H and O–H groups in total. The monoisotopic (exact) mass is 260 g/mol. The van der Waals surface area contributed by atoms with Gasteiger partial charge in [0.1, 0.15) is 0 Å². The van der Waals surface area contributed by atoms with Gasteiger partial charge in [0.25, 0.3) is 0 Å². The summed E-state index contributed by atoms with van der Waals surface area (Å²) >= 11 is 0. The molecule has 1 aromatic rings. The Hall–Kier alpha value is -1.51. The first kappa shape index (κ1) is 13.9. The number of carbonyl (C=O) groups is 1. The average Bonchev–Trinajstić information content (AvgIpc) is 2.39. The number of urea groups is 1. The zero-order chi connectivity index (χ0) is 13.8. The summed E-state index contributed by atoms with van der Waals surface area (Å²) in [5.74, 6) is 0.619. The van der Waals surface area contributed by atoms with Crippen LogP contribution in [0.5, 0.6) is 0 Å². The molecule has 1 aliphatic rings. The van der Waals surface area contributed by atoms with Gasteiger partial charge < -0.3 is 4.90 Å². The molecule has 0 aliphatic carbocycles. The Labute approximate surface area is 116 Å². The van der Waals surface area contributed by atoms with Crippen molar-refractivity contribution in [3.63, 3.8) is 0 Å². The van der Waals surface area contributed by atoms with Crippen LogP contribution in [0.4, 0.5) is 10.5 Å². The number of amides is 2. The van der Waals surface area contributed by atoms with Crippen molar-refractivity contribution >= 4 is 11.7 Å². The van der Waals surface area contributed by atoms with Gasteiger partial charge in [0.15, 0.2) is 0 Å². The molecule has 0 saturated carbocycles. The van der Waals surface area contributed by atoms with Gasteiger partial charge >= 0.3 is 6.03 Å². The molecular weight excluding hydrogens is 236 g/mol. The molecule has 2 amide bonds. The molecule has 2 rings (SSSR count). The van der Waals surface area contributed by atoms with Gasteiger partial charge in [-0.2, -0.15) is 0 Å². The first-order valence-corrected chi connectivity index (χ1v) is 7.25. The lowest BCUT2D eigenvalue weighted by molar-refractivity contribution is 0.176. The number of carbonyl (C=O) groups excluding carboxylic acids is 1. The molecule has 1 aliphatic heterocycles. The maximum absolute atomic E-state index is 12.6. The largest absolute Gasteiger partial charge is 0.324 e. The molecule has 104 valence electrons. The van der Waals surface area contributed by atoms with Crippen molar-refractivity contribution in [3.8, 4) is 0 Å². The van der Waals surface area contributed by atoms with Crippen molar-refractivity contribution in [1.82, 2.24) is 4.90 Å². The van der Waals surface area contributed by atoms with E-state index in [2.05, 4.69) is 26.0 Å². The van der Waals surface area contributed by atoms with Crippen LogP contribution in [0.15, 0.2) is 24.3 Å². The number of anilines is 1. The van der Waals surface area contributed by atoms with E-state index in [9.17, 15) is 4.79 Å². The maximum Gasteiger partial charge on any atom is 0.324 e. The fraction of sp³-hybridized carbons (Fsp3) is 0.562. The van der Waals surface area contributed by atoms with E-state index in [-0.39, 0.29) is 6.03 Å². The zero-order valence-corrected chi connectivity index (χ0v) is 12.2. The maximum atomic E-state index is 12.6. The minimum Gasteiger partial charge on any atom is -0.324 e. The first-order valence-electron chi connectivity index (χ1n) is 7.25. The molecule has 0 bridgehead atoms. The zero-order valence-electron chi connectivity index (χ0n) is 12.2. The van der Waals surface area contributed by atoms with E-state index in [1.54, 1.807) is 0 Å². The van der Waals surface area contributed by atoms with E-state index >= 15 is 0 Å². The molecule has 1 aromatic carbocycles. The Kier molecular flexibility index (Phi) is 4.46. The summed E-state index contributed by atoms with van der Waals surface area (Å²) in [5, 5.41) is 0. The number of aryl methyl sites for hydroxylation is 1. The van der Waals surface area contributed by atoms with Crippen LogP contribution >= 0.6 is 0 Å². The van der Waals surface area contributed by atoms with E-state index in [1.807, 2.05) is 28.9 Å². The molecule has 0 radical (unpaired) electrons. The second-order valence-electron chi connectivity index (χ2n) is 5.56. The van der Waals surface area contributed by atoms with Gasteiger partial charge in [-0.1, -0.05) is 19.1 Å². The van der Waals surface area contributed by atoms with Crippen LogP contribution in [0, 0.1) is 12.8 Å². The molecule has 3 nitrogen and oxygen atoms in total. The summed E-state index contributed by atoms with van der Waals surface area (Å²) in [5.41, 5.74) is 2.20. The predicted octanol–water partition coefficient (Wildman–Crippen LogP) is 3.67. The SMILES string of the molecule is CCN(C(=O)N1CCCC(C)C1)c1cccc(C)c1. The van der Waals surface area contributed by atoms with E-state index < -0.39 is 0 Å². The number of piperidine rings is 1. The molecular formula is C16H24N2O. The molecule has 3 heteroatoms. The smallest absolute Gasteiger partial charge is 0.324 e. The van der Waals surface area contributed by atoms with Crippen LogP contribution in [0.1, 0.15) is 32.3 Å². The van der Waals surface area contributed by atoms with E-state index in [1.165, 1.54) is 12.0 Å². The number of rotatable bonds is 2. The van der Waals surface area contributed by atoms with Gasteiger partial charge in [0.05, 0.1) is 0 Å². The van der Waals surface area contributed by atoms with Gasteiger partial charge in [0, 0.05) is 25.3 Å². The van der Waals surface area contributed by atoms with Crippen LogP contribution in [-0.2, 0) is 0 Å². The number of nitrogens with zero attached hydrogens (tertiary/aromatic N) is 2. The highest BCUT2D eigenvalue weighted by molar-refractivity contribution is 5.92. The molecule has 1 atom stereocenters. The lowest BCUT2D eigenvalue weighted by atomic mass is 10.0. The minimum absolute atomic E-state index is 0.152. The summed E-state index contributed by atoms with van der Waals surface area (Å²) in [7, 11) is 0. The third-order valence-corrected chi connectivity index (χ3v) is 3.79. The number of likely N-dealkylation sites (tertiary alicyclic amines) is 1. The minimum atomic E-state index is 0.152. The quantitative estimate of drug-likeness (QED) is 0.795. The summed E-state index contributed by atoms with van der Waals surface area (Å²) in [6.07, 6.45) is 2.36. The normalized spacial score (nSPS) is 19.3. The Morgan fingerprint density at radius 3 is 2.89 bits per heavy atom. The van der Waals surface area contributed by atoms with Crippen molar-refractivity contribution in [1.29, 1.82) is 0 Å². The van der Waals surface area contributed by atoms with Crippen LogP contribution < -0.4 is 4.90 Å². The number of hydrogen-bond donors (Lipinski definition) is 0. The van der Waals surface area contributed by atoms with Crippen LogP contribution in [0.25, 0.3) is 0 Å². The van der Waals surface area contributed by atoms with Gasteiger partial charge in [-0.3, -0.25) is 4.90 Å². The van der Waals surface area contributed by atoms with Crippen LogP contribution in [0.2, 0.25) is 0 Å². The second kappa shape index (κ2) is 6.09. The van der Waals surface area contributed by atoms with E-state index in [0.717, 1.165) is 25.2 Å². The third-order valence-electron chi connectivity index (χ3n) is 3.79. The Morgan fingerprint density at radius 2 is 2.26 bits per heavy atom. The summed E-state index contributed by atoms with van der Waals surface area (Å²) in [6.45, 7) is 8.82. The fourth-order valence-electron chi connectivity index (χ4n) is 2.76. The Balaban J connectivity index is 2.15. The predicted molar refractivity (Wildman–Crippen MR) is 79.6 cm³/mol. The van der Waals surface area contributed by atoms with Gasteiger partial charge in [-0.05, 0) is 50.3 Å². The van der Waals surface area contributed by atoms with Gasteiger partial charge in [-0.15, -0.1) is 0 Å². The molecule has 0 aromatic heterocycles. The van der Waals surface area contributed by atoms with Crippen LogP contribution in [0.3, 0.4) is 0 Å². The molecule has 1 unspecified atom stereocenters. The topological polar surface area (TPSA) is 23.6 Å². The highest BCUT2D eigenvalue weighted by Gasteiger charge is 2.25. The lowest BCUT2D eigenvalue weighted by Crippen LogP contribution is -2.47. The fourth-order valence-corrected chi connectivity index (χ4v) is 2.76. The van der Waals surface area contributed by atoms with E-state index in [0.29, 0.717) is 12.5 Å². The highest BCUT2D eigenvalue weighted by atomic mass is 16.2. The van der Waals surface area contributed by atoms with Crippen molar-refractivity contribution in [2.45, 2.75) is 33.6 Å². The van der Waals surface area contributed by atoms with Crippen LogP contribution in [-0.4, -0.2) is 30.6 Å². The summed E-state index contributed by atoms with van der Waals surface area (Å²) in [6, 6.07) is 8.32. The van der Waals surface area contributed by atoms with Gasteiger partial charge in [-0.25, -0.2) is 4.79 Å². The summed E-state index contributed by atoms with van der Waals surface area (Å²) in [4.78, 5) is 16.5. The first-order chi connectivity index (χ1) is 9.11. The molecule has 0 spiro atoms. The van der Waals surface area contributed by atoms with Crippen molar-refractivity contribution in [2.24, 2.45) is 5.92 Å². The average molecular weight is 260 g/mol. The number of benzene rings is 1. The summed E-state index contributed by atoms with van der Waals surface area (Å²) < 4.78 is 0. The van der Waals surface area contributed by atoms with Crippen molar-refractivity contribution in [2.75, 3.05) is 24.5 Å². The number of hydrogen-bond acceptors (Lipinski definition) is 1. The van der Waals surface area contributed by atoms with Gasteiger partial charge in [0.2, 0.25) is 0 Å². The standard InChI is InChI=1S/C16H24N2O/c1-4-18(15-9-5-7-13(2)11-15)16(19)17-10-6-8-14(3)12-17/h5,7,9,11,14H,4,6,8,10,12H2,1-3H3. The Bertz CT molecular complexity index is 444. The van der Waals surface area contributed by atoms with Crippen molar-refractivity contribution in [3.05, 3.63) is 29.8 Å². The Morgan fingerprint density at radius 1 is 1.47 bits per heavy atom. The highest BCUT2D eigenvalue weighted by Crippen LogP contribution is 2.21. The molecule has 1 fully saturated rings. The third kappa shape index (κ3) is 3.28. The van der Waals surface area contributed by atoms with E-state index in [4.69, 9.17) is 0 Å². The molecule has 1 heterocycles. The van der Waals surface area contributed by atoms with Crippen molar-refractivity contribution < 1.29 is 4.79 Å². The second-order valence-corrected chi connectivity index (χ2v) is 5.56.